The number of aromatic nitrogens is 1. The molecule has 0 bridgehead atoms. The van der Waals surface area contributed by atoms with Crippen LogP contribution in [-0.4, -0.2) is 17.4 Å². The van der Waals surface area contributed by atoms with E-state index in [1.165, 1.54) is 30.6 Å². The van der Waals surface area contributed by atoms with Crippen LogP contribution in [0, 0.1) is 12.3 Å². The molecule has 0 atom stereocenters. The first-order valence-corrected chi connectivity index (χ1v) is 7.44. The first-order valence-electron chi connectivity index (χ1n) is 6.56. The molecule has 0 spiro atoms. The number of halogens is 1. The van der Waals surface area contributed by atoms with Gasteiger partial charge in [-0.05, 0) is 31.7 Å². The molecular formula is C13H22ClN3OS. The number of rotatable bonds is 4. The number of nitrogens with zero attached hydrogens (tertiary/aromatic N) is 1. The van der Waals surface area contributed by atoms with Gasteiger partial charge in [0.05, 0.1) is 5.69 Å². The summed E-state index contributed by atoms with van der Waals surface area (Å²) in [7, 11) is 0. The van der Waals surface area contributed by atoms with E-state index in [0.29, 0.717) is 18.1 Å². The Bertz CT molecular complexity index is 416. The molecule has 6 heteroatoms. The number of anilines is 1. The highest BCUT2D eigenvalue weighted by Gasteiger charge is 2.33. The molecule has 1 aromatic rings. The van der Waals surface area contributed by atoms with Crippen LogP contribution in [0.5, 0.6) is 0 Å². The molecule has 0 unspecified atom stereocenters. The van der Waals surface area contributed by atoms with Crippen molar-refractivity contribution in [3.63, 3.8) is 0 Å². The summed E-state index contributed by atoms with van der Waals surface area (Å²) in [5.74, 6) is 0.0525. The molecular weight excluding hydrogens is 282 g/mol. The van der Waals surface area contributed by atoms with E-state index in [4.69, 9.17) is 5.73 Å². The van der Waals surface area contributed by atoms with Gasteiger partial charge in [-0.1, -0.05) is 19.3 Å². The minimum atomic E-state index is 0. The van der Waals surface area contributed by atoms with E-state index < -0.39 is 0 Å². The van der Waals surface area contributed by atoms with Crippen LogP contribution in [0.15, 0.2) is 5.38 Å². The molecule has 2 rings (SSSR count). The summed E-state index contributed by atoms with van der Waals surface area (Å²) in [6, 6.07) is 0. The molecule has 4 nitrogen and oxygen atoms in total. The maximum absolute atomic E-state index is 12.1. The lowest BCUT2D eigenvalue weighted by atomic mass is 9.72. The average molecular weight is 304 g/mol. The maximum Gasteiger partial charge on any atom is 0.226 e. The third-order valence-electron chi connectivity index (χ3n) is 3.75. The van der Waals surface area contributed by atoms with Gasteiger partial charge in [-0.2, -0.15) is 0 Å². The highest BCUT2D eigenvalue weighted by molar-refractivity contribution is 7.13. The Hall–Kier alpha value is -0.650. The largest absolute Gasteiger partial charge is 0.330 e. The molecule has 0 aliphatic heterocycles. The maximum atomic E-state index is 12.1. The minimum Gasteiger partial charge on any atom is -0.330 e. The Kier molecular flexibility index (Phi) is 6.23. The number of carbonyl (C=O) groups is 1. The number of hydrogen-bond donors (Lipinski definition) is 2. The van der Waals surface area contributed by atoms with Gasteiger partial charge in [0, 0.05) is 11.8 Å². The van der Waals surface area contributed by atoms with Crippen LogP contribution in [-0.2, 0) is 4.79 Å². The highest BCUT2D eigenvalue weighted by Crippen LogP contribution is 2.38. The molecule has 0 radical (unpaired) electrons. The predicted molar refractivity (Wildman–Crippen MR) is 81.9 cm³/mol. The van der Waals surface area contributed by atoms with Gasteiger partial charge in [0.2, 0.25) is 5.91 Å². The van der Waals surface area contributed by atoms with Gasteiger partial charge in [0.25, 0.3) is 0 Å². The molecule has 0 aromatic carbocycles. The SMILES string of the molecule is Cc1csc(NC(=O)CC2(CN)CCCCC2)n1.Cl. The summed E-state index contributed by atoms with van der Waals surface area (Å²) in [5, 5.41) is 5.52. The molecule has 1 amide bonds. The van der Waals surface area contributed by atoms with Crippen molar-refractivity contribution in [2.75, 3.05) is 11.9 Å². The number of thiazole rings is 1. The smallest absolute Gasteiger partial charge is 0.226 e. The third-order valence-corrected chi connectivity index (χ3v) is 4.62. The van der Waals surface area contributed by atoms with E-state index in [1.54, 1.807) is 0 Å². The zero-order valence-corrected chi connectivity index (χ0v) is 12.9. The summed E-state index contributed by atoms with van der Waals surface area (Å²) < 4.78 is 0. The Balaban J connectivity index is 0.00000180. The van der Waals surface area contributed by atoms with Crippen molar-refractivity contribution in [1.82, 2.24) is 4.98 Å². The van der Waals surface area contributed by atoms with Crippen LogP contribution < -0.4 is 11.1 Å². The van der Waals surface area contributed by atoms with E-state index in [-0.39, 0.29) is 23.7 Å². The van der Waals surface area contributed by atoms with Crippen LogP contribution in [0.3, 0.4) is 0 Å². The number of aryl methyl sites for hydroxylation is 1. The minimum absolute atomic E-state index is 0. The molecule has 1 heterocycles. The van der Waals surface area contributed by atoms with Crippen LogP contribution in [0.1, 0.15) is 44.2 Å². The molecule has 108 valence electrons. The number of amides is 1. The summed E-state index contributed by atoms with van der Waals surface area (Å²) >= 11 is 1.47. The summed E-state index contributed by atoms with van der Waals surface area (Å²) in [4.78, 5) is 16.3. The van der Waals surface area contributed by atoms with Gasteiger partial charge in [-0.3, -0.25) is 4.79 Å². The van der Waals surface area contributed by atoms with Crippen molar-refractivity contribution in [3.8, 4) is 0 Å². The highest BCUT2D eigenvalue weighted by atomic mass is 35.5. The van der Waals surface area contributed by atoms with Crippen molar-refractivity contribution in [1.29, 1.82) is 0 Å². The molecule has 1 aliphatic carbocycles. The van der Waals surface area contributed by atoms with E-state index in [1.807, 2.05) is 12.3 Å². The first-order chi connectivity index (χ1) is 8.63. The van der Waals surface area contributed by atoms with Crippen LogP contribution >= 0.6 is 23.7 Å². The lowest BCUT2D eigenvalue weighted by Crippen LogP contribution is -2.36. The van der Waals surface area contributed by atoms with E-state index in [0.717, 1.165) is 18.5 Å². The van der Waals surface area contributed by atoms with Crippen molar-refractivity contribution >= 4 is 34.8 Å². The van der Waals surface area contributed by atoms with E-state index in [2.05, 4.69) is 10.3 Å². The second-order valence-corrected chi connectivity index (χ2v) is 6.14. The molecule has 3 N–H and O–H groups in total. The fraction of sp³-hybridized carbons (Fsp3) is 0.692. The van der Waals surface area contributed by atoms with Crippen molar-refractivity contribution < 1.29 is 4.79 Å². The summed E-state index contributed by atoms with van der Waals surface area (Å²) in [5.41, 5.74) is 6.86. The number of nitrogens with one attached hydrogen (secondary N) is 1. The molecule has 0 saturated heterocycles. The van der Waals surface area contributed by atoms with E-state index >= 15 is 0 Å². The van der Waals surface area contributed by atoms with Crippen LogP contribution in [0.2, 0.25) is 0 Å². The molecule has 19 heavy (non-hydrogen) atoms. The fourth-order valence-corrected chi connectivity index (χ4v) is 3.37. The fourth-order valence-electron chi connectivity index (χ4n) is 2.67. The molecule has 1 saturated carbocycles. The van der Waals surface area contributed by atoms with Crippen LogP contribution in [0.4, 0.5) is 5.13 Å². The van der Waals surface area contributed by atoms with Crippen molar-refractivity contribution in [2.45, 2.75) is 45.4 Å². The lowest BCUT2D eigenvalue weighted by Gasteiger charge is -2.35. The van der Waals surface area contributed by atoms with Gasteiger partial charge in [-0.25, -0.2) is 4.98 Å². The Labute approximate surface area is 124 Å². The van der Waals surface area contributed by atoms with Gasteiger partial charge in [-0.15, -0.1) is 23.7 Å². The number of nitrogens with two attached hydrogens (primary N) is 1. The van der Waals surface area contributed by atoms with E-state index in [9.17, 15) is 4.79 Å². The lowest BCUT2D eigenvalue weighted by molar-refractivity contribution is -0.118. The van der Waals surface area contributed by atoms with Gasteiger partial charge >= 0.3 is 0 Å². The quantitative estimate of drug-likeness (QED) is 0.898. The normalized spacial score (nSPS) is 17.6. The molecule has 1 aromatic heterocycles. The van der Waals surface area contributed by atoms with Gasteiger partial charge < -0.3 is 11.1 Å². The molecule has 1 fully saturated rings. The third kappa shape index (κ3) is 4.44. The number of hydrogen-bond acceptors (Lipinski definition) is 4. The van der Waals surface area contributed by atoms with Crippen molar-refractivity contribution in [3.05, 3.63) is 11.1 Å². The zero-order valence-electron chi connectivity index (χ0n) is 11.3. The van der Waals surface area contributed by atoms with Crippen molar-refractivity contribution in [2.24, 2.45) is 11.1 Å². The molecule has 1 aliphatic rings. The van der Waals surface area contributed by atoms with Gasteiger partial charge in [0.15, 0.2) is 5.13 Å². The second kappa shape index (κ2) is 7.22. The number of carbonyl (C=O) groups excluding carboxylic acids is 1. The summed E-state index contributed by atoms with van der Waals surface area (Å²) in [6.45, 7) is 2.53. The van der Waals surface area contributed by atoms with Crippen LogP contribution in [0.25, 0.3) is 0 Å². The Morgan fingerprint density at radius 3 is 2.68 bits per heavy atom. The Morgan fingerprint density at radius 1 is 1.47 bits per heavy atom. The topological polar surface area (TPSA) is 68.0 Å². The van der Waals surface area contributed by atoms with Gasteiger partial charge in [0.1, 0.15) is 0 Å². The first kappa shape index (κ1) is 16.4. The summed E-state index contributed by atoms with van der Waals surface area (Å²) in [6.07, 6.45) is 6.35. The predicted octanol–water partition coefficient (Wildman–Crippen LogP) is 3.11. The zero-order chi connectivity index (χ0) is 13.0. The monoisotopic (exact) mass is 303 g/mol. The second-order valence-electron chi connectivity index (χ2n) is 5.28. The standard InChI is InChI=1S/C13H21N3OS.ClH/c1-10-8-18-12(15-10)16-11(17)7-13(9-14)5-3-2-4-6-13;/h8H,2-7,9,14H2,1H3,(H,15,16,17);1H. The average Bonchev–Trinajstić information content (AvgIpc) is 2.75. The Morgan fingerprint density at radius 2 is 2.16 bits per heavy atom.